The number of methoxy groups -OCH3 is 2. The predicted octanol–water partition coefficient (Wildman–Crippen LogP) is 1.54. The Bertz CT molecular complexity index is 435. The van der Waals surface area contributed by atoms with Crippen molar-refractivity contribution in [1.29, 1.82) is 0 Å². The van der Waals surface area contributed by atoms with Crippen molar-refractivity contribution in [3.63, 3.8) is 0 Å². The second-order valence-corrected chi connectivity index (χ2v) is 5.02. The van der Waals surface area contributed by atoms with E-state index in [9.17, 15) is 0 Å². The van der Waals surface area contributed by atoms with Gasteiger partial charge < -0.3 is 25.3 Å². The SMILES string of the molecule is COCC(C)NC(N)=NCCCOCc1ccc(OC)cc1. The molecule has 0 saturated carbocycles. The Morgan fingerprint density at radius 2 is 2.00 bits per heavy atom. The quantitative estimate of drug-likeness (QED) is 0.389. The van der Waals surface area contributed by atoms with Crippen molar-refractivity contribution in [2.75, 3.05) is 34.0 Å². The van der Waals surface area contributed by atoms with Crippen molar-refractivity contribution in [2.45, 2.75) is 26.0 Å². The highest BCUT2D eigenvalue weighted by atomic mass is 16.5. The average Bonchev–Trinajstić information content (AvgIpc) is 2.51. The number of ether oxygens (including phenoxy) is 3. The van der Waals surface area contributed by atoms with Crippen molar-refractivity contribution in [3.8, 4) is 5.75 Å². The highest BCUT2D eigenvalue weighted by molar-refractivity contribution is 5.78. The van der Waals surface area contributed by atoms with Gasteiger partial charge in [0.25, 0.3) is 0 Å². The zero-order valence-electron chi connectivity index (χ0n) is 13.7. The third kappa shape index (κ3) is 7.85. The zero-order valence-corrected chi connectivity index (χ0v) is 13.7. The zero-order chi connectivity index (χ0) is 16.2. The number of hydrogen-bond acceptors (Lipinski definition) is 4. The van der Waals surface area contributed by atoms with E-state index in [1.807, 2.05) is 31.2 Å². The van der Waals surface area contributed by atoms with Gasteiger partial charge >= 0.3 is 0 Å². The lowest BCUT2D eigenvalue weighted by atomic mass is 10.2. The van der Waals surface area contributed by atoms with Crippen LogP contribution in [-0.4, -0.2) is 46.0 Å². The van der Waals surface area contributed by atoms with Gasteiger partial charge in [0.15, 0.2) is 5.96 Å². The number of hydrogen-bond donors (Lipinski definition) is 2. The molecule has 0 saturated heterocycles. The molecule has 6 nitrogen and oxygen atoms in total. The third-order valence-corrected chi connectivity index (χ3v) is 2.97. The van der Waals surface area contributed by atoms with E-state index in [0.717, 1.165) is 17.7 Å². The molecule has 1 aromatic rings. The van der Waals surface area contributed by atoms with Gasteiger partial charge in [-0.05, 0) is 31.0 Å². The van der Waals surface area contributed by atoms with Crippen LogP contribution in [-0.2, 0) is 16.1 Å². The summed E-state index contributed by atoms with van der Waals surface area (Å²) in [5.41, 5.74) is 6.89. The molecule has 3 N–H and O–H groups in total. The Labute approximate surface area is 132 Å². The first kappa shape index (κ1) is 18.3. The molecular weight excluding hydrogens is 282 g/mol. The van der Waals surface area contributed by atoms with Crippen LogP contribution in [0.15, 0.2) is 29.3 Å². The van der Waals surface area contributed by atoms with Crippen molar-refractivity contribution >= 4 is 5.96 Å². The number of benzene rings is 1. The number of guanidine groups is 1. The maximum atomic E-state index is 5.77. The fourth-order valence-corrected chi connectivity index (χ4v) is 1.87. The van der Waals surface area contributed by atoms with E-state index in [2.05, 4.69) is 10.3 Å². The summed E-state index contributed by atoms with van der Waals surface area (Å²) < 4.78 is 15.7. The number of nitrogens with zero attached hydrogens (tertiary/aromatic N) is 1. The minimum Gasteiger partial charge on any atom is -0.497 e. The van der Waals surface area contributed by atoms with Crippen LogP contribution in [0.5, 0.6) is 5.75 Å². The van der Waals surface area contributed by atoms with Crippen molar-refractivity contribution in [3.05, 3.63) is 29.8 Å². The molecule has 0 aliphatic rings. The maximum absolute atomic E-state index is 5.77. The number of nitrogens with one attached hydrogen (secondary N) is 1. The Morgan fingerprint density at radius 3 is 2.64 bits per heavy atom. The van der Waals surface area contributed by atoms with Crippen LogP contribution in [0.3, 0.4) is 0 Å². The summed E-state index contributed by atoms with van der Waals surface area (Å²) in [6.07, 6.45) is 0.831. The Kier molecular flexibility index (Phi) is 9.02. The summed E-state index contributed by atoms with van der Waals surface area (Å²) in [7, 11) is 3.31. The molecule has 1 unspecified atom stereocenters. The molecule has 0 fully saturated rings. The number of aliphatic imine (C=N–C) groups is 1. The molecule has 0 bridgehead atoms. The highest BCUT2D eigenvalue weighted by Gasteiger charge is 2.01. The van der Waals surface area contributed by atoms with Crippen LogP contribution in [0.25, 0.3) is 0 Å². The summed E-state index contributed by atoms with van der Waals surface area (Å²) in [4.78, 5) is 4.24. The predicted molar refractivity (Wildman–Crippen MR) is 88.2 cm³/mol. The Balaban J connectivity index is 2.11. The molecule has 124 valence electrons. The number of rotatable bonds is 10. The molecule has 22 heavy (non-hydrogen) atoms. The fourth-order valence-electron chi connectivity index (χ4n) is 1.87. The molecular formula is C16H27N3O3. The third-order valence-electron chi connectivity index (χ3n) is 2.97. The summed E-state index contributed by atoms with van der Waals surface area (Å²) in [6.45, 7) is 4.47. The lowest BCUT2D eigenvalue weighted by Gasteiger charge is -2.13. The first-order valence-corrected chi connectivity index (χ1v) is 7.41. The molecule has 0 aliphatic carbocycles. The second kappa shape index (κ2) is 10.9. The largest absolute Gasteiger partial charge is 0.497 e. The monoisotopic (exact) mass is 309 g/mol. The standard InChI is InChI=1S/C16H27N3O3/c1-13(11-20-2)19-16(17)18-9-4-10-22-12-14-5-7-15(21-3)8-6-14/h5-8,13H,4,9-12H2,1-3H3,(H3,17,18,19). The molecule has 0 radical (unpaired) electrons. The van der Waals surface area contributed by atoms with Gasteiger partial charge in [-0.1, -0.05) is 12.1 Å². The molecule has 0 heterocycles. The van der Waals surface area contributed by atoms with E-state index in [1.54, 1.807) is 14.2 Å². The average molecular weight is 309 g/mol. The number of nitrogens with two attached hydrogens (primary N) is 1. The van der Waals surface area contributed by atoms with Gasteiger partial charge in [0.1, 0.15) is 5.75 Å². The Morgan fingerprint density at radius 1 is 1.27 bits per heavy atom. The van der Waals surface area contributed by atoms with Crippen molar-refractivity contribution in [2.24, 2.45) is 10.7 Å². The van der Waals surface area contributed by atoms with Crippen LogP contribution < -0.4 is 15.8 Å². The lowest BCUT2D eigenvalue weighted by Crippen LogP contribution is -2.40. The molecule has 0 aliphatic heterocycles. The van der Waals surface area contributed by atoms with Crippen LogP contribution >= 0.6 is 0 Å². The van der Waals surface area contributed by atoms with Gasteiger partial charge in [-0.25, -0.2) is 0 Å². The Hall–Kier alpha value is -1.79. The first-order valence-electron chi connectivity index (χ1n) is 7.41. The first-order chi connectivity index (χ1) is 10.7. The van der Waals surface area contributed by atoms with Crippen LogP contribution in [0.4, 0.5) is 0 Å². The van der Waals surface area contributed by atoms with Crippen molar-refractivity contribution in [1.82, 2.24) is 5.32 Å². The van der Waals surface area contributed by atoms with E-state index in [0.29, 0.717) is 32.3 Å². The lowest BCUT2D eigenvalue weighted by molar-refractivity contribution is 0.120. The fraction of sp³-hybridized carbons (Fsp3) is 0.562. The smallest absolute Gasteiger partial charge is 0.188 e. The van der Waals surface area contributed by atoms with Crippen LogP contribution in [0.2, 0.25) is 0 Å². The maximum Gasteiger partial charge on any atom is 0.188 e. The van der Waals surface area contributed by atoms with E-state index >= 15 is 0 Å². The van der Waals surface area contributed by atoms with E-state index in [1.165, 1.54) is 0 Å². The van der Waals surface area contributed by atoms with Crippen LogP contribution in [0.1, 0.15) is 18.9 Å². The summed E-state index contributed by atoms with van der Waals surface area (Å²) in [5, 5.41) is 3.06. The molecule has 1 aromatic carbocycles. The van der Waals surface area contributed by atoms with Gasteiger partial charge in [0.2, 0.25) is 0 Å². The van der Waals surface area contributed by atoms with E-state index in [4.69, 9.17) is 19.9 Å². The topological polar surface area (TPSA) is 78.1 Å². The molecule has 1 atom stereocenters. The van der Waals surface area contributed by atoms with Crippen molar-refractivity contribution < 1.29 is 14.2 Å². The summed E-state index contributed by atoms with van der Waals surface area (Å²) in [5.74, 6) is 1.29. The molecule has 0 spiro atoms. The molecule has 0 amide bonds. The minimum atomic E-state index is 0.153. The summed E-state index contributed by atoms with van der Waals surface area (Å²) >= 11 is 0. The van der Waals surface area contributed by atoms with E-state index in [-0.39, 0.29) is 6.04 Å². The summed E-state index contributed by atoms with van der Waals surface area (Å²) in [6, 6.07) is 8.00. The highest BCUT2D eigenvalue weighted by Crippen LogP contribution is 2.11. The molecule has 1 rings (SSSR count). The van der Waals surface area contributed by atoms with Gasteiger partial charge in [-0.15, -0.1) is 0 Å². The second-order valence-electron chi connectivity index (χ2n) is 5.02. The van der Waals surface area contributed by atoms with Gasteiger partial charge in [-0.2, -0.15) is 0 Å². The normalized spacial score (nSPS) is 13.0. The molecule has 6 heteroatoms. The van der Waals surface area contributed by atoms with Gasteiger partial charge in [0.05, 0.1) is 20.3 Å². The van der Waals surface area contributed by atoms with Gasteiger partial charge in [0, 0.05) is 26.3 Å². The molecule has 0 aromatic heterocycles. The van der Waals surface area contributed by atoms with Crippen LogP contribution in [0, 0.1) is 0 Å². The van der Waals surface area contributed by atoms with Gasteiger partial charge in [-0.3, -0.25) is 4.99 Å². The minimum absolute atomic E-state index is 0.153. The van der Waals surface area contributed by atoms with E-state index < -0.39 is 0 Å².